The van der Waals surface area contributed by atoms with Crippen LogP contribution in [0.4, 0.5) is 4.39 Å². The molecule has 25 heavy (non-hydrogen) atoms. The molecule has 6 heteroatoms. The zero-order valence-corrected chi connectivity index (χ0v) is 14.3. The van der Waals surface area contributed by atoms with Crippen LogP contribution in [0.3, 0.4) is 0 Å². The van der Waals surface area contributed by atoms with E-state index in [0.717, 1.165) is 11.1 Å². The highest BCUT2D eigenvalue weighted by Crippen LogP contribution is 2.29. The van der Waals surface area contributed by atoms with E-state index in [2.05, 4.69) is 9.97 Å². The largest absolute Gasteiger partial charge is 0.478 e. The second kappa shape index (κ2) is 7.44. The van der Waals surface area contributed by atoms with Crippen LogP contribution in [0.25, 0.3) is 11.4 Å². The Balaban J connectivity index is 1.97. The number of nitrogens with zero attached hydrogens (tertiary/aromatic N) is 2. The van der Waals surface area contributed by atoms with E-state index in [-0.39, 0.29) is 11.4 Å². The van der Waals surface area contributed by atoms with E-state index >= 15 is 0 Å². The van der Waals surface area contributed by atoms with Crippen LogP contribution in [0.1, 0.15) is 21.6 Å². The van der Waals surface area contributed by atoms with Gasteiger partial charge < -0.3 is 5.11 Å². The minimum Gasteiger partial charge on any atom is -0.478 e. The van der Waals surface area contributed by atoms with Gasteiger partial charge in [-0.05, 0) is 24.6 Å². The number of carbonyl (C=O) groups is 1. The Morgan fingerprint density at radius 3 is 2.56 bits per heavy atom. The van der Waals surface area contributed by atoms with Crippen molar-refractivity contribution >= 4 is 17.7 Å². The SMILES string of the molecule is Cc1nc(-c2ccccc2)nc(SCc2cccc(F)c2)c1C(=O)O. The van der Waals surface area contributed by atoms with Gasteiger partial charge in [0.2, 0.25) is 0 Å². The summed E-state index contributed by atoms with van der Waals surface area (Å²) in [6.07, 6.45) is 0. The molecule has 1 aromatic heterocycles. The Kier molecular flexibility index (Phi) is 5.09. The highest BCUT2D eigenvalue weighted by atomic mass is 32.2. The van der Waals surface area contributed by atoms with Gasteiger partial charge in [-0.2, -0.15) is 0 Å². The lowest BCUT2D eigenvalue weighted by molar-refractivity contribution is 0.0690. The quantitative estimate of drug-likeness (QED) is 0.537. The molecule has 3 aromatic rings. The van der Waals surface area contributed by atoms with Crippen LogP contribution in [0, 0.1) is 12.7 Å². The number of carboxylic acids is 1. The van der Waals surface area contributed by atoms with Crippen LogP contribution in [0.5, 0.6) is 0 Å². The molecule has 0 amide bonds. The molecule has 0 saturated heterocycles. The van der Waals surface area contributed by atoms with Gasteiger partial charge in [-0.1, -0.05) is 42.5 Å². The summed E-state index contributed by atoms with van der Waals surface area (Å²) in [5.41, 5.74) is 2.07. The van der Waals surface area contributed by atoms with Crippen molar-refractivity contribution in [3.05, 3.63) is 77.2 Å². The van der Waals surface area contributed by atoms with E-state index in [9.17, 15) is 14.3 Å². The third-order valence-corrected chi connectivity index (χ3v) is 4.61. The molecule has 0 fully saturated rings. The Labute approximate surface area is 148 Å². The van der Waals surface area contributed by atoms with Crippen LogP contribution in [0.15, 0.2) is 59.6 Å². The lowest BCUT2D eigenvalue weighted by atomic mass is 10.2. The molecule has 0 unspecified atom stereocenters. The molecule has 0 spiro atoms. The van der Waals surface area contributed by atoms with Crippen molar-refractivity contribution in [1.82, 2.24) is 9.97 Å². The van der Waals surface area contributed by atoms with E-state index in [0.29, 0.717) is 22.3 Å². The average molecular weight is 354 g/mol. The van der Waals surface area contributed by atoms with E-state index in [1.165, 1.54) is 23.9 Å². The lowest BCUT2D eigenvalue weighted by Crippen LogP contribution is -2.08. The van der Waals surface area contributed by atoms with Gasteiger partial charge in [-0.15, -0.1) is 11.8 Å². The predicted octanol–water partition coefficient (Wildman–Crippen LogP) is 4.58. The maximum absolute atomic E-state index is 13.3. The molecule has 1 N–H and O–H groups in total. The van der Waals surface area contributed by atoms with Crippen molar-refractivity contribution in [2.45, 2.75) is 17.7 Å². The summed E-state index contributed by atoms with van der Waals surface area (Å²) < 4.78 is 13.3. The Hall–Kier alpha value is -2.73. The summed E-state index contributed by atoms with van der Waals surface area (Å²) >= 11 is 1.26. The second-order valence-electron chi connectivity index (χ2n) is 5.40. The monoisotopic (exact) mass is 354 g/mol. The molecule has 3 rings (SSSR count). The molecule has 0 saturated carbocycles. The number of aromatic nitrogens is 2. The molecule has 0 aliphatic carbocycles. The number of halogens is 1. The van der Waals surface area contributed by atoms with Crippen molar-refractivity contribution < 1.29 is 14.3 Å². The van der Waals surface area contributed by atoms with Crippen molar-refractivity contribution in [3.8, 4) is 11.4 Å². The minimum atomic E-state index is -1.07. The number of hydrogen-bond donors (Lipinski definition) is 1. The normalized spacial score (nSPS) is 10.6. The zero-order valence-electron chi connectivity index (χ0n) is 13.4. The van der Waals surface area contributed by atoms with Crippen molar-refractivity contribution in [2.24, 2.45) is 0 Å². The Morgan fingerprint density at radius 2 is 1.88 bits per heavy atom. The van der Waals surface area contributed by atoms with E-state index in [4.69, 9.17) is 0 Å². The summed E-state index contributed by atoms with van der Waals surface area (Å²) in [5, 5.41) is 9.87. The molecule has 0 atom stereocenters. The summed E-state index contributed by atoms with van der Waals surface area (Å²) in [6.45, 7) is 1.66. The van der Waals surface area contributed by atoms with Crippen LogP contribution < -0.4 is 0 Å². The van der Waals surface area contributed by atoms with Gasteiger partial charge >= 0.3 is 5.97 Å². The highest BCUT2D eigenvalue weighted by molar-refractivity contribution is 7.98. The van der Waals surface area contributed by atoms with Crippen LogP contribution in [-0.2, 0) is 5.75 Å². The first kappa shape index (κ1) is 17.1. The summed E-state index contributed by atoms with van der Waals surface area (Å²) in [7, 11) is 0. The minimum absolute atomic E-state index is 0.0843. The van der Waals surface area contributed by atoms with Crippen molar-refractivity contribution in [2.75, 3.05) is 0 Å². The maximum atomic E-state index is 13.3. The average Bonchev–Trinajstić information content (AvgIpc) is 2.60. The van der Waals surface area contributed by atoms with Crippen molar-refractivity contribution in [3.63, 3.8) is 0 Å². The summed E-state index contributed by atoms with van der Waals surface area (Å²) in [5.74, 6) is -0.494. The first-order valence-corrected chi connectivity index (χ1v) is 8.58. The summed E-state index contributed by atoms with van der Waals surface area (Å²) in [4.78, 5) is 20.4. The Morgan fingerprint density at radius 1 is 1.12 bits per heavy atom. The fraction of sp³-hybridized carbons (Fsp3) is 0.105. The smallest absolute Gasteiger partial charge is 0.340 e. The van der Waals surface area contributed by atoms with Crippen LogP contribution in [0.2, 0.25) is 0 Å². The number of thioether (sulfide) groups is 1. The standard InChI is InChI=1S/C19H15FN2O2S/c1-12-16(19(23)24)18(25-11-13-6-5-9-15(20)10-13)22-17(21-12)14-7-3-2-4-8-14/h2-10H,11H2,1H3,(H,23,24). The van der Waals surface area contributed by atoms with E-state index in [1.54, 1.807) is 19.1 Å². The van der Waals surface area contributed by atoms with Gasteiger partial charge in [0.05, 0.1) is 5.69 Å². The zero-order chi connectivity index (χ0) is 17.8. The number of carboxylic acid groups (broad SMARTS) is 1. The molecule has 0 aliphatic heterocycles. The molecule has 4 nitrogen and oxygen atoms in total. The van der Waals surface area contributed by atoms with Crippen molar-refractivity contribution in [1.29, 1.82) is 0 Å². The fourth-order valence-corrected chi connectivity index (χ4v) is 3.41. The topological polar surface area (TPSA) is 63.1 Å². The van der Waals surface area contributed by atoms with Crippen LogP contribution >= 0.6 is 11.8 Å². The first-order chi connectivity index (χ1) is 12.0. The number of hydrogen-bond acceptors (Lipinski definition) is 4. The number of rotatable bonds is 5. The van der Waals surface area contributed by atoms with Crippen LogP contribution in [-0.4, -0.2) is 21.0 Å². The third kappa shape index (κ3) is 4.03. The molecular formula is C19H15FN2O2S. The maximum Gasteiger partial charge on any atom is 0.340 e. The van der Waals surface area contributed by atoms with Gasteiger partial charge in [-0.3, -0.25) is 0 Å². The van der Waals surface area contributed by atoms with Gasteiger partial charge in [0.1, 0.15) is 16.4 Å². The number of aryl methyl sites for hydroxylation is 1. The molecule has 1 heterocycles. The molecular weight excluding hydrogens is 339 g/mol. The summed E-state index contributed by atoms with van der Waals surface area (Å²) in [6, 6.07) is 15.6. The fourth-order valence-electron chi connectivity index (χ4n) is 2.39. The molecule has 0 radical (unpaired) electrons. The highest BCUT2D eigenvalue weighted by Gasteiger charge is 2.19. The van der Waals surface area contributed by atoms with E-state index < -0.39 is 5.97 Å². The Bertz CT molecular complexity index is 917. The third-order valence-electron chi connectivity index (χ3n) is 3.57. The number of aromatic carboxylic acids is 1. The van der Waals surface area contributed by atoms with E-state index in [1.807, 2.05) is 30.3 Å². The van der Waals surface area contributed by atoms with Gasteiger partial charge in [-0.25, -0.2) is 19.2 Å². The lowest BCUT2D eigenvalue weighted by Gasteiger charge is -2.10. The van der Waals surface area contributed by atoms with Gasteiger partial charge in [0.25, 0.3) is 0 Å². The second-order valence-corrected chi connectivity index (χ2v) is 6.37. The molecule has 0 bridgehead atoms. The van der Waals surface area contributed by atoms with Gasteiger partial charge in [0, 0.05) is 11.3 Å². The molecule has 2 aromatic carbocycles. The predicted molar refractivity (Wildman–Crippen MR) is 95.1 cm³/mol. The first-order valence-electron chi connectivity index (χ1n) is 7.59. The molecule has 126 valence electrons. The van der Waals surface area contributed by atoms with Gasteiger partial charge in [0.15, 0.2) is 5.82 Å². The molecule has 0 aliphatic rings. The number of benzene rings is 2.